The molecule has 0 spiro atoms. The lowest BCUT2D eigenvalue weighted by molar-refractivity contribution is 0.305. The largest absolute Gasteiger partial charge is 0.497 e. The maximum Gasteiger partial charge on any atom is 0.205 e. The molecule has 3 N–H and O–H groups in total. The summed E-state index contributed by atoms with van der Waals surface area (Å²) in [5.74, 6) is 2.10. The van der Waals surface area contributed by atoms with Gasteiger partial charge >= 0.3 is 0 Å². The van der Waals surface area contributed by atoms with E-state index < -0.39 is 0 Å². The van der Waals surface area contributed by atoms with Gasteiger partial charge in [0.15, 0.2) is 0 Å². The fourth-order valence-electron chi connectivity index (χ4n) is 2.08. The van der Waals surface area contributed by atoms with Gasteiger partial charge in [-0.05, 0) is 47.5 Å². The molecule has 1 aromatic heterocycles. The second-order valence-corrected chi connectivity index (χ2v) is 6.01. The number of nitrogens with one attached hydrogen (secondary N) is 1. The zero-order valence-corrected chi connectivity index (χ0v) is 14.5. The Morgan fingerprint density at radius 3 is 2.76 bits per heavy atom. The predicted octanol–water partition coefficient (Wildman–Crippen LogP) is 3.76. The van der Waals surface area contributed by atoms with Crippen LogP contribution in [0.4, 0.5) is 10.9 Å². The van der Waals surface area contributed by atoms with Gasteiger partial charge in [-0.2, -0.15) is 5.10 Å². The van der Waals surface area contributed by atoms with Crippen molar-refractivity contribution in [3.63, 3.8) is 0 Å². The number of rotatable bonds is 7. The van der Waals surface area contributed by atoms with E-state index in [-0.39, 0.29) is 0 Å². The quantitative estimate of drug-likeness (QED) is 0.499. The van der Waals surface area contributed by atoms with Crippen LogP contribution in [0.3, 0.4) is 0 Å². The molecule has 1 heterocycles. The highest BCUT2D eigenvalue weighted by Crippen LogP contribution is 2.18. The van der Waals surface area contributed by atoms with Gasteiger partial charge in [0.05, 0.1) is 13.3 Å². The summed E-state index contributed by atoms with van der Waals surface area (Å²) in [5.41, 5.74) is 10.4. The van der Waals surface area contributed by atoms with E-state index in [2.05, 4.69) is 15.5 Å². The molecule has 0 bridgehead atoms. The Hall–Kier alpha value is -3.06. The maximum atomic E-state index is 5.79. The number of hydrogen-bond donors (Lipinski definition) is 2. The Morgan fingerprint density at radius 2 is 2.04 bits per heavy atom. The Labute approximate surface area is 149 Å². The summed E-state index contributed by atoms with van der Waals surface area (Å²) in [6.07, 6.45) is 1.71. The van der Waals surface area contributed by atoms with Crippen LogP contribution < -0.4 is 20.6 Å². The van der Waals surface area contributed by atoms with E-state index in [0.717, 1.165) is 22.6 Å². The van der Waals surface area contributed by atoms with Crippen LogP contribution in [0, 0.1) is 0 Å². The molecule has 7 heteroatoms. The zero-order valence-electron chi connectivity index (χ0n) is 13.7. The molecule has 0 amide bonds. The van der Waals surface area contributed by atoms with E-state index in [0.29, 0.717) is 17.6 Å². The van der Waals surface area contributed by atoms with Crippen LogP contribution >= 0.6 is 11.3 Å². The first kappa shape index (κ1) is 16.8. The van der Waals surface area contributed by atoms with Crippen molar-refractivity contribution in [1.82, 2.24) is 4.98 Å². The molecule has 3 aromatic rings. The van der Waals surface area contributed by atoms with Crippen molar-refractivity contribution in [3.05, 3.63) is 65.0 Å². The van der Waals surface area contributed by atoms with Gasteiger partial charge in [0.25, 0.3) is 0 Å². The summed E-state index contributed by atoms with van der Waals surface area (Å²) in [6.45, 7) is 0.484. The van der Waals surface area contributed by atoms with Gasteiger partial charge < -0.3 is 15.2 Å². The first-order chi connectivity index (χ1) is 12.2. The summed E-state index contributed by atoms with van der Waals surface area (Å²) < 4.78 is 11.0. The van der Waals surface area contributed by atoms with Crippen molar-refractivity contribution < 1.29 is 9.47 Å². The fraction of sp³-hybridized carbons (Fsp3) is 0.111. The highest BCUT2D eigenvalue weighted by molar-refractivity contribution is 7.14. The minimum atomic E-state index is 0.484. The Balaban J connectivity index is 1.53. The number of thiazole rings is 1. The van der Waals surface area contributed by atoms with E-state index >= 15 is 0 Å². The molecule has 0 atom stereocenters. The van der Waals surface area contributed by atoms with Gasteiger partial charge in [0, 0.05) is 5.38 Å². The fourth-order valence-corrected chi connectivity index (χ4v) is 2.63. The number of anilines is 2. The third-order valence-electron chi connectivity index (χ3n) is 3.32. The lowest BCUT2D eigenvalue weighted by atomic mass is 10.2. The molecule has 0 fully saturated rings. The molecule has 0 radical (unpaired) electrons. The first-order valence-corrected chi connectivity index (χ1v) is 8.47. The van der Waals surface area contributed by atoms with Gasteiger partial charge in [-0.25, -0.2) is 4.98 Å². The number of benzene rings is 2. The molecule has 3 rings (SSSR count). The van der Waals surface area contributed by atoms with Gasteiger partial charge in [-0.15, -0.1) is 11.3 Å². The van der Waals surface area contributed by atoms with Crippen LogP contribution in [0.25, 0.3) is 0 Å². The molecule has 0 unspecified atom stereocenters. The van der Waals surface area contributed by atoms with Gasteiger partial charge in [-0.3, -0.25) is 5.43 Å². The molecule has 6 nitrogen and oxygen atoms in total. The number of hydrazone groups is 1. The monoisotopic (exact) mass is 354 g/mol. The Bertz CT molecular complexity index is 846. The average molecular weight is 354 g/mol. The molecule has 2 aromatic carbocycles. The van der Waals surface area contributed by atoms with Gasteiger partial charge in [-0.1, -0.05) is 12.1 Å². The number of nitrogens with two attached hydrogens (primary N) is 1. The average Bonchev–Trinajstić information content (AvgIpc) is 3.06. The lowest BCUT2D eigenvalue weighted by Crippen LogP contribution is -1.96. The number of nitrogen functional groups attached to an aromatic ring is 1. The molecule has 0 aliphatic rings. The van der Waals surface area contributed by atoms with Crippen LogP contribution in [-0.4, -0.2) is 18.3 Å². The van der Waals surface area contributed by atoms with Crippen molar-refractivity contribution in [2.45, 2.75) is 6.61 Å². The SMILES string of the molecule is COc1cccc(COc2ccc(C=NNc3nc(N)cs3)cc2)c1. The minimum absolute atomic E-state index is 0.484. The summed E-state index contributed by atoms with van der Waals surface area (Å²) >= 11 is 1.40. The van der Waals surface area contributed by atoms with Crippen molar-refractivity contribution in [3.8, 4) is 11.5 Å². The van der Waals surface area contributed by atoms with Crippen LogP contribution in [0.5, 0.6) is 11.5 Å². The van der Waals surface area contributed by atoms with Crippen molar-refractivity contribution in [2.75, 3.05) is 18.3 Å². The molecule has 0 saturated carbocycles. The highest BCUT2D eigenvalue weighted by atomic mass is 32.1. The Morgan fingerprint density at radius 1 is 1.20 bits per heavy atom. The number of ether oxygens (including phenoxy) is 2. The number of methoxy groups -OCH3 is 1. The second kappa shape index (κ2) is 8.16. The van der Waals surface area contributed by atoms with E-state index in [1.165, 1.54) is 11.3 Å². The smallest absolute Gasteiger partial charge is 0.205 e. The van der Waals surface area contributed by atoms with E-state index in [9.17, 15) is 0 Å². The van der Waals surface area contributed by atoms with E-state index in [4.69, 9.17) is 15.2 Å². The van der Waals surface area contributed by atoms with Crippen LogP contribution in [-0.2, 0) is 6.61 Å². The second-order valence-electron chi connectivity index (χ2n) is 5.16. The van der Waals surface area contributed by atoms with Gasteiger partial charge in [0.2, 0.25) is 5.13 Å². The van der Waals surface area contributed by atoms with Crippen LogP contribution in [0.1, 0.15) is 11.1 Å². The molecular weight excluding hydrogens is 336 g/mol. The summed E-state index contributed by atoms with van der Waals surface area (Å²) in [6, 6.07) is 15.5. The van der Waals surface area contributed by atoms with Crippen molar-refractivity contribution in [2.24, 2.45) is 5.10 Å². The zero-order chi connectivity index (χ0) is 17.5. The van der Waals surface area contributed by atoms with Crippen molar-refractivity contribution >= 4 is 28.5 Å². The first-order valence-electron chi connectivity index (χ1n) is 7.59. The predicted molar refractivity (Wildman–Crippen MR) is 102 cm³/mol. The molecule has 0 aliphatic heterocycles. The van der Waals surface area contributed by atoms with E-state index in [1.54, 1.807) is 18.7 Å². The normalized spacial score (nSPS) is 10.8. The third kappa shape index (κ3) is 4.95. The number of aromatic nitrogens is 1. The molecule has 128 valence electrons. The standard InChI is InChI=1S/C18H18N4O2S/c1-23-16-4-2-3-14(9-16)11-24-15-7-5-13(6-8-15)10-20-22-18-21-17(19)12-25-18/h2-10,12H,11,19H2,1H3,(H,21,22). The number of hydrogen-bond acceptors (Lipinski definition) is 7. The molecule has 0 saturated heterocycles. The van der Waals surface area contributed by atoms with Crippen LogP contribution in [0.15, 0.2) is 59.0 Å². The molecule has 0 aliphatic carbocycles. The molecular formula is C18H18N4O2S. The summed E-state index contributed by atoms with van der Waals surface area (Å²) in [5, 5.41) is 6.55. The molecule has 25 heavy (non-hydrogen) atoms. The number of nitrogens with zero attached hydrogens (tertiary/aromatic N) is 2. The summed E-state index contributed by atoms with van der Waals surface area (Å²) in [7, 11) is 1.65. The Kier molecular flexibility index (Phi) is 5.48. The minimum Gasteiger partial charge on any atom is -0.497 e. The van der Waals surface area contributed by atoms with Crippen molar-refractivity contribution in [1.29, 1.82) is 0 Å². The maximum absolute atomic E-state index is 5.79. The summed E-state index contributed by atoms with van der Waals surface area (Å²) in [4.78, 5) is 4.06. The third-order valence-corrected chi connectivity index (χ3v) is 4.08. The van der Waals surface area contributed by atoms with E-state index in [1.807, 2.05) is 48.5 Å². The van der Waals surface area contributed by atoms with Gasteiger partial charge in [0.1, 0.15) is 23.9 Å². The lowest BCUT2D eigenvalue weighted by Gasteiger charge is -2.07. The highest BCUT2D eigenvalue weighted by Gasteiger charge is 1.99. The topological polar surface area (TPSA) is 81.8 Å². The van der Waals surface area contributed by atoms with Crippen LogP contribution in [0.2, 0.25) is 0 Å².